The first-order valence-corrected chi connectivity index (χ1v) is 30.7. The Morgan fingerprint density at radius 3 is 2.07 bits per heavy atom. The number of fused-ring (bicyclic) bond motifs is 3. The van der Waals surface area contributed by atoms with Gasteiger partial charge in [-0.1, -0.05) is 125 Å². The summed E-state index contributed by atoms with van der Waals surface area (Å²) in [6.07, 6.45) is 34.2. The molecule has 0 aromatic heterocycles. The Labute approximate surface area is 458 Å². The van der Waals surface area contributed by atoms with Gasteiger partial charge in [-0.2, -0.15) is 0 Å². The molecular formula is C69H108O6. The van der Waals surface area contributed by atoms with Crippen molar-refractivity contribution in [3.05, 3.63) is 63.7 Å². The van der Waals surface area contributed by atoms with E-state index in [2.05, 4.69) is 96.1 Å². The molecule has 0 amide bonds. The van der Waals surface area contributed by atoms with E-state index in [0.717, 1.165) is 89.2 Å². The van der Waals surface area contributed by atoms with Gasteiger partial charge in [0, 0.05) is 17.1 Å². The third-order valence-electron chi connectivity index (χ3n) is 22.7. The number of carbonyl (C=O) groups is 1. The molecule has 6 heteroatoms. The maximum Gasteiger partial charge on any atom is 0.331 e. The molecule has 3 unspecified atom stereocenters. The van der Waals surface area contributed by atoms with Crippen LogP contribution in [0.15, 0.2) is 35.9 Å². The Hall–Kier alpha value is -3.41. The molecule has 12 atom stereocenters. The number of phenols is 2. The van der Waals surface area contributed by atoms with E-state index in [-0.39, 0.29) is 28.8 Å². The summed E-state index contributed by atoms with van der Waals surface area (Å²) < 4.78 is 18.1. The molecule has 420 valence electrons. The van der Waals surface area contributed by atoms with Crippen LogP contribution in [0.3, 0.4) is 0 Å². The van der Waals surface area contributed by atoms with Crippen molar-refractivity contribution in [3.63, 3.8) is 0 Å². The second-order valence-electron chi connectivity index (χ2n) is 28.5. The minimum absolute atomic E-state index is 0.0305. The molecule has 5 aliphatic carbocycles. The largest absolute Gasteiger partial charge is 0.507 e. The molecule has 1 heterocycles. The summed E-state index contributed by atoms with van der Waals surface area (Å²) in [5.74, 6) is 7.36. The number of carbonyl (C=O) groups excluding carboxylic acids is 1. The minimum atomic E-state index is -0.276. The third-order valence-corrected chi connectivity index (χ3v) is 22.7. The van der Waals surface area contributed by atoms with Crippen LogP contribution in [0.4, 0.5) is 0 Å². The number of hydrogen-bond acceptors (Lipinski definition) is 6. The SMILES string of the molecule is COc1cc(/C=C/C(=O)O[C@H]2CCC34CC35CC[C@]3(C)[C@@H]([C@H](C)CCC=C(C)C)CC[C@@]3(C)[C@@H]5CC[C@H]4C2(C)C)ccc1O.Cc1c(C)c2c(c(C)c1O)CCC(C)(CCC[C@H](C)CCC[C@H](C)CCCC(C)C)O2. The normalized spacial score (nSPS) is 32.3. The Morgan fingerprint density at radius 1 is 0.747 bits per heavy atom. The van der Waals surface area contributed by atoms with E-state index in [1.54, 1.807) is 24.3 Å². The fraction of sp³-hybridized carbons (Fsp3) is 0.754. The van der Waals surface area contributed by atoms with E-state index in [4.69, 9.17) is 14.2 Å². The molecule has 2 spiro atoms. The van der Waals surface area contributed by atoms with Crippen molar-refractivity contribution >= 4 is 12.0 Å². The fourth-order valence-electron chi connectivity index (χ4n) is 17.7. The lowest BCUT2D eigenvalue weighted by Crippen LogP contribution is -2.58. The monoisotopic (exact) mass is 1030 g/mol. The van der Waals surface area contributed by atoms with E-state index >= 15 is 0 Å². The predicted molar refractivity (Wildman–Crippen MR) is 313 cm³/mol. The first-order chi connectivity index (χ1) is 35.3. The topological polar surface area (TPSA) is 85.2 Å². The summed E-state index contributed by atoms with van der Waals surface area (Å²) in [7, 11) is 1.53. The van der Waals surface area contributed by atoms with Crippen molar-refractivity contribution in [2.45, 2.75) is 257 Å². The summed E-state index contributed by atoms with van der Waals surface area (Å²) in [6.45, 7) is 35.2. The number of ether oxygens (including phenoxy) is 3. The van der Waals surface area contributed by atoms with Crippen LogP contribution in [-0.2, 0) is 16.0 Å². The summed E-state index contributed by atoms with van der Waals surface area (Å²) in [5, 5.41) is 20.3. The molecule has 2 N–H and O–H groups in total. The van der Waals surface area contributed by atoms with Gasteiger partial charge in [-0.25, -0.2) is 4.79 Å². The van der Waals surface area contributed by atoms with Gasteiger partial charge < -0.3 is 24.4 Å². The molecule has 0 radical (unpaired) electrons. The Kier molecular flexibility index (Phi) is 18.6. The average Bonchev–Trinajstić information content (AvgIpc) is 3.94. The molecule has 6 aliphatic rings. The summed E-state index contributed by atoms with van der Waals surface area (Å²) in [5.41, 5.74) is 8.31. The van der Waals surface area contributed by atoms with E-state index in [0.29, 0.717) is 39.1 Å². The number of methoxy groups -OCH3 is 1. The molecule has 8 rings (SSSR count). The number of aromatic hydroxyl groups is 2. The summed E-state index contributed by atoms with van der Waals surface area (Å²) in [4.78, 5) is 13.1. The number of rotatable bonds is 20. The highest BCUT2D eigenvalue weighted by Crippen LogP contribution is 2.89. The highest BCUT2D eigenvalue weighted by atomic mass is 16.5. The second kappa shape index (κ2) is 23.5. The summed E-state index contributed by atoms with van der Waals surface area (Å²) >= 11 is 0. The fourth-order valence-corrected chi connectivity index (χ4v) is 17.7. The number of benzene rings is 2. The lowest BCUT2D eigenvalue weighted by molar-refractivity contribution is -0.179. The molecule has 5 fully saturated rings. The molecule has 75 heavy (non-hydrogen) atoms. The number of allylic oxidation sites excluding steroid dienone is 2. The molecule has 0 bridgehead atoms. The van der Waals surface area contributed by atoms with Gasteiger partial charge in [0.15, 0.2) is 11.5 Å². The molecular weight excluding hydrogens is 925 g/mol. The number of hydrogen-bond donors (Lipinski definition) is 2. The first-order valence-electron chi connectivity index (χ1n) is 30.7. The van der Waals surface area contributed by atoms with E-state index in [1.807, 2.05) is 13.8 Å². The lowest BCUT2D eigenvalue weighted by Gasteiger charge is -2.63. The zero-order chi connectivity index (χ0) is 54.9. The van der Waals surface area contributed by atoms with Crippen LogP contribution in [0.5, 0.6) is 23.0 Å². The standard InChI is InChI=1S/C40H58O4.C29H50O2/c1-26(2)10-9-11-27(3)29-18-20-38(7)33-16-15-32-36(4,5)34(19-21-39(32)25-40(33,39)23-22-37(29,38)6)44-35(42)17-13-28-12-14-30(41)31(24-28)43-8;1-20(2)12-9-13-21(3)14-10-15-22(4)16-11-18-29(8)19-17-26-25(7)27(30)23(5)24(6)28(26)31-29/h10,12-14,17,24,27,29,32-34,41H,9,11,15-16,18-23,25H2,1-8H3;20-22,30H,9-19H2,1-8H3/b17-13+;/t27-,29-,32+,33+,34+,37-,38+,39?,40?;21-,22-,29?/m11/s1. The molecule has 2 aromatic rings. The smallest absolute Gasteiger partial charge is 0.331 e. The van der Waals surface area contributed by atoms with Crippen LogP contribution in [0.1, 0.15) is 246 Å². The van der Waals surface area contributed by atoms with Gasteiger partial charge in [0.1, 0.15) is 23.2 Å². The van der Waals surface area contributed by atoms with Gasteiger partial charge in [0.25, 0.3) is 0 Å². The lowest BCUT2D eigenvalue weighted by atomic mass is 9.41. The Morgan fingerprint density at radius 2 is 1.40 bits per heavy atom. The van der Waals surface area contributed by atoms with Crippen molar-refractivity contribution in [1.29, 1.82) is 0 Å². The Bertz CT molecular complexity index is 2350. The quantitative estimate of drug-likeness (QED) is 0.0781. The summed E-state index contributed by atoms with van der Waals surface area (Å²) in [6, 6.07) is 5.09. The van der Waals surface area contributed by atoms with Gasteiger partial charge in [-0.05, 0) is 241 Å². The zero-order valence-electron chi connectivity index (χ0n) is 50.7. The van der Waals surface area contributed by atoms with Crippen molar-refractivity contribution < 1.29 is 29.2 Å². The van der Waals surface area contributed by atoms with Crippen molar-refractivity contribution in [2.24, 2.45) is 68.5 Å². The highest BCUT2D eigenvalue weighted by molar-refractivity contribution is 5.87. The van der Waals surface area contributed by atoms with Crippen LogP contribution in [0.2, 0.25) is 0 Å². The number of esters is 1. The van der Waals surface area contributed by atoms with E-state index < -0.39 is 0 Å². The van der Waals surface area contributed by atoms with Crippen LogP contribution in [0, 0.1) is 89.3 Å². The highest BCUT2D eigenvalue weighted by Gasteiger charge is 2.82. The van der Waals surface area contributed by atoms with Crippen molar-refractivity contribution in [3.8, 4) is 23.0 Å². The van der Waals surface area contributed by atoms with Crippen LogP contribution in [-0.4, -0.2) is 35.0 Å². The van der Waals surface area contributed by atoms with Gasteiger partial charge in [0.2, 0.25) is 0 Å². The molecule has 1 aliphatic heterocycles. The average molecular weight is 1030 g/mol. The zero-order valence-corrected chi connectivity index (χ0v) is 50.7. The second-order valence-corrected chi connectivity index (χ2v) is 28.5. The van der Waals surface area contributed by atoms with Crippen molar-refractivity contribution in [2.75, 3.05) is 7.11 Å². The molecule has 2 aromatic carbocycles. The van der Waals surface area contributed by atoms with Gasteiger partial charge >= 0.3 is 5.97 Å². The van der Waals surface area contributed by atoms with Gasteiger partial charge in [-0.3, -0.25) is 0 Å². The molecule has 5 saturated carbocycles. The predicted octanol–water partition coefficient (Wildman–Crippen LogP) is 19.0. The third kappa shape index (κ3) is 12.0. The van der Waals surface area contributed by atoms with E-state index in [1.165, 1.54) is 140 Å². The van der Waals surface area contributed by atoms with Gasteiger partial charge in [-0.15, -0.1) is 0 Å². The van der Waals surface area contributed by atoms with E-state index in [9.17, 15) is 15.0 Å². The maximum absolute atomic E-state index is 13.1. The van der Waals surface area contributed by atoms with Crippen LogP contribution >= 0.6 is 0 Å². The Balaban J connectivity index is 0.000000234. The number of phenolic OH excluding ortho intramolecular Hbond substituents is 2. The molecule has 6 nitrogen and oxygen atoms in total. The van der Waals surface area contributed by atoms with Crippen LogP contribution in [0.25, 0.3) is 6.08 Å². The van der Waals surface area contributed by atoms with Gasteiger partial charge in [0.05, 0.1) is 7.11 Å². The molecule has 0 saturated heterocycles. The minimum Gasteiger partial charge on any atom is -0.507 e. The first kappa shape index (κ1) is 59.3. The van der Waals surface area contributed by atoms with Crippen molar-refractivity contribution in [1.82, 2.24) is 0 Å². The maximum atomic E-state index is 13.1. The van der Waals surface area contributed by atoms with Crippen LogP contribution < -0.4 is 9.47 Å².